The highest BCUT2D eigenvalue weighted by atomic mass is 16.5. The summed E-state index contributed by atoms with van der Waals surface area (Å²) in [5.41, 5.74) is 2.40. The monoisotopic (exact) mass is 409 g/mol. The number of para-hydroxylation sites is 1. The Morgan fingerprint density at radius 1 is 0.967 bits per heavy atom. The highest BCUT2D eigenvalue weighted by Crippen LogP contribution is 2.49. The van der Waals surface area contributed by atoms with Crippen LogP contribution in [0, 0.1) is 0 Å². The molecule has 2 aliphatic heterocycles. The molecule has 0 fully saturated rings. The molecule has 0 spiro atoms. The first-order valence-electron chi connectivity index (χ1n) is 10.3. The number of benzene rings is 2. The number of carbonyl (C=O) groups excluding carboxylic acids is 2. The standard InChI is InChI=1S/C23H27N3O4/c1-5-24(6-2)13-14-25-21-16-11-12-18(29-3)20(30-4)19(16)23(28)26(21)17-10-8-7-9-15(17)22(25)27/h7-12,21H,5-6,13-14H2,1-4H3. The number of nitrogens with zero attached hydrogens (tertiary/aromatic N) is 3. The van der Waals surface area contributed by atoms with Crippen molar-refractivity contribution in [2.45, 2.75) is 20.0 Å². The largest absolute Gasteiger partial charge is 0.493 e. The minimum Gasteiger partial charge on any atom is -0.493 e. The Morgan fingerprint density at radius 2 is 1.70 bits per heavy atom. The molecule has 7 heteroatoms. The molecule has 158 valence electrons. The van der Waals surface area contributed by atoms with E-state index in [0.717, 1.165) is 25.2 Å². The molecule has 0 radical (unpaired) electrons. The van der Waals surface area contributed by atoms with Crippen molar-refractivity contribution in [3.05, 3.63) is 53.1 Å². The van der Waals surface area contributed by atoms with Gasteiger partial charge in [-0.3, -0.25) is 14.5 Å². The number of methoxy groups -OCH3 is 2. The van der Waals surface area contributed by atoms with Crippen molar-refractivity contribution >= 4 is 17.5 Å². The second-order valence-electron chi connectivity index (χ2n) is 7.36. The summed E-state index contributed by atoms with van der Waals surface area (Å²) in [4.78, 5) is 32.8. The van der Waals surface area contributed by atoms with Gasteiger partial charge in [0, 0.05) is 18.7 Å². The van der Waals surface area contributed by atoms with Crippen LogP contribution in [0.25, 0.3) is 0 Å². The van der Waals surface area contributed by atoms with Crippen LogP contribution in [-0.2, 0) is 0 Å². The molecule has 30 heavy (non-hydrogen) atoms. The van der Waals surface area contributed by atoms with E-state index in [4.69, 9.17) is 9.47 Å². The first-order valence-corrected chi connectivity index (χ1v) is 10.3. The SMILES string of the molecule is CCN(CC)CCN1C(=O)c2ccccc2N2C(=O)c3c(ccc(OC)c3OC)C12. The lowest BCUT2D eigenvalue weighted by Gasteiger charge is -2.41. The van der Waals surface area contributed by atoms with Gasteiger partial charge in [0.05, 0.1) is 31.0 Å². The first-order chi connectivity index (χ1) is 14.6. The van der Waals surface area contributed by atoms with E-state index < -0.39 is 6.17 Å². The number of likely N-dealkylation sites (N-methyl/N-ethyl adjacent to an activating group) is 1. The third kappa shape index (κ3) is 2.92. The van der Waals surface area contributed by atoms with E-state index in [1.165, 1.54) is 7.11 Å². The molecular formula is C23H27N3O4. The zero-order valence-corrected chi connectivity index (χ0v) is 17.8. The van der Waals surface area contributed by atoms with Crippen LogP contribution in [0.5, 0.6) is 11.5 Å². The number of ether oxygens (including phenoxy) is 2. The van der Waals surface area contributed by atoms with Gasteiger partial charge >= 0.3 is 0 Å². The molecule has 7 nitrogen and oxygen atoms in total. The fourth-order valence-corrected chi connectivity index (χ4v) is 4.44. The van der Waals surface area contributed by atoms with Gasteiger partial charge in [-0.05, 0) is 31.3 Å². The maximum absolute atomic E-state index is 13.6. The molecule has 2 heterocycles. The van der Waals surface area contributed by atoms with Crippen LogP contribution in [0.2, 0.25) is 0 Å². The smallest absolute Gasteiger partial charge is 0.264 e. The van der Waals surface area contributed by atoms with E-state index in [1.807, 2.05) is 24.3 Å². The molecule has 0 aromatic heterocycles. The lowest BCUT2D eigenvalue weighted by Crippen LogP contribution is -2.50. The Morgan fingerprint density at radius 3 is 2.37 bits per heavy atom. The number of rotatable bonds is 7. The van der Waals surface area contributed by atoms with Crippen molar-refractivity contribution < 1.29 is 19.1 Å². The summed E-state index contributed by atoms with van der Waals surface area (Å²) < 4.78 is 11.0. The van der Waals surface area contributed by atoms with E-state index in [1.54, 1.807) is 29.0 Å². The Kier molecular flexibility index (Phi) is 5.39. The lowest BCUT2D eigenvalue weighted by molar-refractivity contribution is 0.0623. The van der Waals surface area contributed by atoms with Crippen LogP contribution in [0.1, 0.15) is 46.3 Å². The lowest BCUT2D eigenvalue weighted by atomic mass is 10.0. The maximum Gasteiger partial charge on any atom is 0.264 e. The van der Waals surface area contributed by atoms with Gasteiger partial charge in [-0.25, -0.2) is 0 Å². The number of hydrogen-bond acceptors (Lipinski definition) is 5. The average molecular weight is 409 g/mol. The van der Waals surface area contributed by atoms with Gasteiger partial charge in [0.1, 0.15) is 6.17 Å². The van der Waals surface area contributed by atoms with Gasteiger partial charge in [-0.1, -0.05) is 32.0 Å². The van der Waals surface area contributed by atoms with Crippen molar-refractivity contribution in [1.82, 2.24) is 9.80 Å². The predicted octanol–water partition coefficient (Wildman–Crippen LogP) is 3.16. The van der Waals surface area contributed by atoms with Crippen LogP contribution in [0.15, 0.2) is 36.4 Å². The van der Waals surface area contributed by atoms with E-state index in [2.05, 4.69) is 18.7 Å². The zero-order valence-electron chi connectivity index (χ0n) is 17.8. The molecule has 2 aliphatic rings. The molecule has 1 atom stereocenters. The van der Waals surface area contributed by atoms with Crippen molar-refractivity contribution in [2.24, 2.45) is 0 Å². The quantitative estimate of drug-likeness (QED) is 0.703. The van der Waals surface area contributed by atoms with Crippen molar-refractivity contribution in [1.29, 1.82) is 0 Å². The van der Waals surface area contributed by atoms with Gasteiger partial charge in [0.25, 0.3) is 11.8 Å². The molecular weight excluding hydrogens is 382 g/mol. The molecule has 0 N–H and O–H groups in total. The highest BCUT2D eigenvalue weighted by molar-refractivity contribution is 6.18. The van der Waals surface area contributed by atoms with Crippen LogP contribution >= 0.6 is 0 Å². The fourth-order valence-electron chi connectivity index (χ4n) is 4.44. The molecule has 2 aromatic rings. The summed E-state index contributed by atoms with van der Waals surface area (Å²) in [5, 5.41) is 0. The first kappa shape index (κ1) is 20.2. The van der Waals surface area contributed by atoms with Gasteiger partial charge < -0.3 is 19.3 Å². The van der Waals surface area contributed by atoms with E-state index in [0.29, 0.717) is 34.9 Å². The second-order valence-corrected chi connectivity index (χ2v) is 7.36. The predicted molar refractivity (Wildman–Crippen MR) is 114 cm³/mol. The van der Waals surface area contributed by atoms with Crippen LogP contribution in [0.4, 0.5) is 5.69 Å². The van der Waals surface area contributed by atoms with E-state index >= 15 is 0 Å². The summed E-state index contributed by atoms with van der Waals surface area (Å²) in [6.07, 6.45) is -0.495. The van der Waals surface area contributed by atoms with Gasteiger partial charge in [0.15, 0.2) is 11.5 Å². The Balaban J connectivity index is 1.86. The minimum atomic E-state index is -0.495. The topological polar surface area (TPSA) is 62.3 Å². The average Bonchev–Trinajstić information content (AvgIpc) is 3.08. The minimum absolute atomic E-state index is 0.0607. The third-order valence-electron chi connectivity index (χ3n) is 6.03. The third-order valence-corrected chi connectivity index (χ3v) is 6.03. The molecule has 2 amide bonds. The summed E-state index contributed by atoms with van der Waals surface area (Å²) in [6, 6.07) is 11.0. The molecule has 1 unspecified atom stereocenters. The number of anilines is 1. The number of hydrogen-bond donors (Lipinski definition) is 0. The van der Waals surface area contributed by atoms with Crippen molar-refractivity contribution in [3.63, 3.8) is 0 Å². The highest BCUT2D eigenvalue weighted by Gasteiger charge is 2.49. The Bertz CT molecular complexity index is 986. The summed E-state index contributed by atoms with van der Waals surface area (Å²) in [6.45, 7) is 7.29. The molecule has 0 saturated carbocycles. The summed E-state index contributed by atoms with van der Waals surface area (Å²) in [5.74, 6) is 0.662. The normalized spacial score (nSPS) is 17.2. The van der Waals surface area contributed by atoms with Crippen molar-refractivity contribution in [2.75, 3.05) is 45.3 Å². The van der Waals surface area contributed by atoms with E-state index in [-0.39, 0.29) is 11.8 Å². The molecule has 2 aromatic carbocycles. The van der Waals surface area contributed by atoms with Crippen LogP contribution < -0.4 is 14.4 Å². The number of carbonyl (C=O) groups is 2. The number of amides is 2. The van der Waals surface area contributed by atoms with Gasteiger partial charge in [-0.15, -0.1) is 0 Å². The van der Waals surface area contributed by atoms with Gasteiger partial charge in [0.2, 0.25) is 0 Å². The van der Waals surface area contributed by atoms with E-state index in [9.17, 15) is 9.59 Å². The van der Waals surface area contributed by atoms with Crippen LogP contribution in [0.3, 0.4) is 0 Å². The molecule has 0 saturated heterocycles. The number of fused-ring (bicyclic) bond motifs is 5. The summed E-state index contributed by atoms with van der Waals surface area (Å²) >= 11 is 0. The van der Waals surface area contributed by atoms with Gasteiger partial charge in [-0.2, -0.15) is 0 Å². The Hall–Kier alpha value is -3.06. The zero-order chi connectivity index (χ0) is 21.4. The molecule has 0 bridgehead atoms. The molecule has 4 rings (SSSR count). The maximum atomic E-state index is 13.6. The summed E-state index contributed by atoms with van der Waals surface area (Å²) in [7, 11) is 3.08. The fraction of sp³-hybridized carbons (Fsp3) is 0.391. The van der Waals surface area contributed by atoms with Crippen molar-refractivity contribution in [3.8, 4) is 11.5 Å². The molecule has 0 aliphatic carbocycles. The Labute approximate surface area is 176 Å². The van der Waals surface area contributed by atoms with Crippen LogP contribution in [-0.4, -0.2) is 62.0 Å². The second kappa shape index (κ2) is 7.99.